The number of carbonyl (C=O) groups is 1. The molecule has 0 aromatic carbocycles. The number of hydrogen-bond acceptors (Lipinski definition) is 2. The van der Waals surface area contributed by atoms with Crippen molar-refractivity contribution in [1.82, 2.24) is 5.32 Å². The van der Waals surface area contributed by atoms with Crippen molar-refractivity contribution in [3.63, 3.8) is 0 Å². The quantitative estimate of drug-likeness (QED) is 0.705. The molecule has 2 N–H and O–H groups in total. The van der Waals surface area contributed by atoms with Crippen LogP contribution in [0.4, 0.5) is 0 Å². The Balaban J connectivity index is 4.07. The molecule has 0 saturated heterocycles. The topological polar surface area (TPSA) is 49.3 Å². The highest BCUT2D eigenvalue weighted by atomic mass is 16.4. The molecule has 16 heavy (non-hydrogen) atoms. The van der Waals surface area contributed by atoms with Crippen LogP contribution in [0.25, 0.3) is 0 Å². The van der Waals surface area contributed by atoms with Crippen LogP contribution in [-0.2, 0) is 4.79 Å². The zero-order valence-corrected chi connectivity index (χ0v) is 11.3. The van der Waals surface area contributed by atoms with Crippen molar-refractivity contribution in [2.45, 2.75) is 59.9 Å². The second-order valence-corrected chi connectivity index (χ2v) is 5.89. The third-order valence-electron chi connectivity index (χ3n) is 2.98. The first kappa shape index (κ1) is 15.4. The van der Waals surface area contributed by atoms with Gasteiger partial charge in [0.1, 0.15) is 0 Å². The standard InChI is InChI=1S/C13H27NO2/c1-10(2)14-9-8-11(13(3,4)5)6-7-12(15)16/h10-11,14H,6-9H2,1-5H3,(H,15,16). The third kappa shape index (κ3) is 7.69. The molecule has 0 rings (SSSR count). The first-order valence-electron chi connectivity index (χ1n) is 6.18. The number of nitrogens with one attached hydrogen (secondary N) is 1. The Hall–Kier alpha value is -0.570. The number of aliphatic carboxylic acids is 1. The molecule has 0 bridgehead atoms. The molecule has 96 valence electrons. The summed E-state index contributed by atoms with van der Waals surface area (Å²) in [5.41, 5.74) is 0.189. The monoisotopic (exact) mass is 229 g/mol. The van der Waals surface area contributed by atoms with E-state index in [0.29, 0.717) is 12.0 Å². The van der Waals surface area contributed by atoms with Crippen molar-refractivity contribution in [2.24, 2.45) is 11.3 Å². The van der Waals surface area contributed by atoms with Crippen LogP contribution in [0, 0.1) is 11.3 Å². The average molecular weight is 229 g/mol. The van der Waals surface area contributed by atoms with Crippen LogP contribution < -0.4 is 5.32 Å². The lowest BCUT2D eigenvalue weighted by atomic mass is 9.76. The highest BCUT2D eigenvalue weighted by Crippen LogP contribution is 2.32. The zero-order chi connectivity index (χ0) is 12.8. The number of carboxylic acids is 1. The lowest BCUT2D eigenvalue weighted by Gasteiger charge is -2.31. The smallest absolute Gasteiger partial charge is 0.303 e. The molecular weight excluding hydrogens is 202 g/mol. The van der Waals surface area contributed by atoms with Gasteiger partial charge in [0.15, 0.2) is 0 Å². The molecule has 0 saturated carbocycles. The molecule has 0 aromatic heterocycles. The highest BCUT2D eigenvalue weighted by Gasteiger charge is 2.24. The minimum absolute atomic E-state index is 0.189. The van der Waals surface area contributed by atoms with E-state index >= 15 is 0 Å². The minimum Gasteiger partial charge on any atom is -0.481 e. The normalized spacial score (nSPS) is 14.1. The summed E-state index contributed by atoms with van der Waals surface area (Å²) < 4.78 is 0. The van der Waals surface area contributed by atoms with E-state index in [0.717, 1.165) is 19.4 Å². The molecule has 1 unspecified atom stereocenters. The van der Waals surface area contributed by atoms with Gasteiger partial charge in [0.2, 0.25) is 0 Å². The van der Waals surface area contributed by atoms with Crippen molar-refractivity contribution in [3.8, 4) is 0 Å². The molecule has 1 atom stereocenters. The van der Waals surface area contributed by atoms with E-state index in [9.17, 15) is 4.79 Å². The van der Waals surface area contributed by atoms with Gasteiger partial charge in [0.25, 0.3) is 0 Å². The van der Waals surface area contributed by atoms with Crippen molar-refractivity contribution in [1.29, 1.82) is 0 Å². The van der Waals surface area contributed by atoms with Gasteiger partial charge < -0.3 is 10.4 Å². The van der Waals surface area contributed by atoms with Gasteiger partial charge in [-0.15, -0.1) is 0 Å². The van der Waals surface area contributed by atoms with Crippen LogP contribution >= 0.6 is 0 Å². The molecule has 0 spiro atoms. The average Bonchev–Trinajstić information content (AvgIpc) is 2.07. The maximum absolute atomic E-state index is 10.6. The summed E-state index contributed by atoms with van der Waals surface area (Å²) in [7, 11) is 0. The minimum atomic E-state index is -0.689. The van der Waals surface area contributed by atoms with Gasteiger partial charge >= 0.3 is 5.97 Å². The van der Waals surface area contributed by atoms with Crippen molar-refractivity contribution < 1.29 is 9.90 Å². The van der Waals surface area contributed by atoms with Gasteiger partial charge in [-0.1, -0.05) is 34.6 Å². The number of carboxylic acid groups (broad SMARTS) is 1. The van der Waals surface area contributed by atoms with E-state index in [-0.39, 0.29) is 11.8 Å². The summed E-state index contributed by atoms with van der Waals surface area (Å²) in [6.45, 7) is 11.8. The summed E-state index contributed by atoms with van der Waals surface area (Å²) in [4.78, 5) is 10.6. The van der Waals surface area contributed by atoms with Gasteiger partial charge in [-0.3, -0.25) is 4.79 Å². The maximum atomic E-state index is 10.6. The molecule has 0 amide bonds. The van der Waals surface area contributed by atoms with E-state index in [1.54, 1.807) is 0 Å². The second-order valence-electron chi connectivity index (χ2n) is 5.89. The highest BCUT2D eigenvalue weighted by molar-refractivity contribution is 5.66. The first-order valence-corrected chi connectivity index (χ1v) is 6.18. The van der Waals surface area contributed by atoms with E-state index in [2.05, 4.69) is 39.9 Å². The van der Waals surface area contributed by atoms with Gasteiger partial charge in [-0.25, -0.2) is 0 Å². The van der Waals surface area contributed by atoms with Gasteiger partial charge in [-0.2, -0.15) is 0 Å². The summed E-state index contributed by atoms with van der Waals surface area (Å²) >= 11 is 0. The zero-order valence-electron chi connectivity index (χ0n) is 11.3. The van der Waals surface area contributed by atoms with Gasteiger partial charge in [0, 0.05) is 12.5 Å². The molecule has 0 aliphatic heterocycles. The van der Waals surface area contributed by atoms with E-state index in [1.165, 1.54) is 0 Å². The Morgan fingerprint density at radius 2 is 1.81 bits per heavy atom. The molecular formula is C13H27NO2. The van der Waals surface area contributed by atoms with E-state index < -0.39 is 5.97 Å². The lowest BCUT2D eigenvalue weighted by Crippen LogP contribution is -2.29. The SMILES string of the molecule is CC(C)NCCC(CCC(=O)O)C(C)(C)C. The summed E-state index contributed by atoms with van der Waals surface area (Å²) in [6, 6.07) is 0.500. The van der Waals surface area contributed by atoms with Crippen LogP contribution in [0.15, 0.2) is 0 Å². The van der Waals surface area contributed by atoms with Crippen LogP contribution in [0.3, 0.4) is 0 Å². The molecule has 3 nitrogen and oxygen atoms in total. The summed E-state index contributed by atoms with van der Waals surface area (Å²) in [5, 5.41) is 12.1. The summed E-state index contributed by atoms with van der Waals surface area (Å²) in [6.07, 6.45) is 2.11. The molecule has 0 fully saturated rings. The van der Waals surface area contributed by atoms with Crippen LogP contribution in [-0.4, -0.2) is 23.7 Å². The Labute approximate surface area is 99.6 Å². The Kier molecular flexibility index (Phi) is 6.65. The molecule has 0 heterocycles. The predicted molar refractivity (Wildman–Crippen MR) is 67.6 cm³/mol. The van der Waals surface area contributed by atoms with Crippen molar-refractivity contribution >= 4 is 5.97 Å². The molecule has 3 heteroatoms. The first-order chi connectivity index (χ1) is 7.23. The Bertz CT molecular complexity index is 206. The Morgan fingerprint density at radius 3 is 2.19 bits per heavy atom. The van der Waals surface area contributed by atoms with Gasteiger partial charge in [0.05, 0.1) is 0 Å². The molecule has 0 aromatic rings. The fraction of sp³-hybridized carbons (Fsp3) is 0.923. The largest absolute Gasteiger partial charge is 0.481 e. The molecule has 0 aliphatic carbocycles. The van der Waals surface area contributed by atoms with Gasteiger partial charge in [-0.05, 0) is 30.7 Å². The Morgan fingerprint density at radius 1 is 1.25 bits per heavy atom. The van der Waals surface area contributed by atoms with Crippen LogP contribution in [0.5, 0.6) is 0 Å². The third-order valence-corrected chi connectivity index (χ3v) is 2.98. The number of rotatable bonds is 7. The van der Waals surface area contributed by atoms with E-state index in [1.807, 2.05) is 0 Å². The molecule has 0 aliphatic rings. The molecule has 0 radical (unpaired) electrons. The summed E-state index contributed by atoms with van der Waals surface area (Å²) in [5.74, 6) is -0.221. The predicted octanol–water partition coefficient (Wildman–Crippen LogP) is 2.90. The van der Waals surface area contributed by atoms with E-state index in [4.69, 9.17) is 5.11 Å². The number of hydrogen-bond donors (Lipinski definition) is 2. The van der Waals surface area contributed by atoms with Crippen molar-refractivity contribution in [3.05, 3.63) is 0 Å². The fourth-order valence-electron chi connectivity index (χ4n) is 1.85. The maximum Gasteiger partial charge on any atom is 0.303 e. The fourth-order valence-corrected chi connectivity index (χ4v) is 1.85. The lowest BCUT2D eigenvalue weighted by molar-refractivity contribution is -0.137. The second kappa shape index (κ2) is 6.89. The van der Waals surface area contributed by atoms with Crippen LogP contribution in [0.1, 0.15) is 53.9 Å². The van der Waals surface area contributed by atoms with Crippen LogP contribution in [0.2, 0.25) is 0 Å². The van der Waals surface area contributed by atoms with Crippen molar-refractivity contribution in [2.75, 3.05) is 6.54 Å².